The van der Waals surface area contributed by atoms with Gasteiger partial charge in [-0.2, -0.15) is 0 Å². The average molecular weight is 756 g/mol. The van der Waals surface area contributed by atoms with Gasteiger partial charge >= 0.3 is 0 Å². The van der Waals surface area contributed by atoms with Gasteiger partial charge in [-0.25, -0.2) is 0 Å². The SMILES string of the molecule is C=Cc1ccccc1-c1ccccc1CC1=CC=C(C(/C=C(\C)c2ccc(C(C=C)C/C=C\C)cc2)NC(=C)C2=CC(c3cccc4c3CCC=C4)=CCC2)C=CC1. The van der Waals surface area contributed by atoms with Crippen molar-refractivity contribution in [1.29, 1.82) is 0 Å². The molecule has 0 radical (unpaired) electrons. The maximum Gasteiger partial charge on any atom is 0.0703 e. The highest BCUT2D eigenvalue weighted by atomic mass is 14.9. The van der Waals surface area contributed by atoms with Crippen molar-refractivity contribution in [3.8, 4) is 11.1 Å². The van der Waals surface area contributed by atoms with Crippen molar-refractivity contribution in [2.75, 3.05) is 0 Å². The van der Waals surface area contributed by atoms with Crippen LogP contribution >= 0.6 is 0 Å². The van der Waals surface area contributed by atoms with Crippen LogP contribution in [0, 0.1) is 0 Å². The van der Waals surface area contributed by atoms with Crippen molar-refractivity contribution in [2.24, 2.45) is 0 Å². The van der Waals surface area contributed by atoms with Gasteiger partial charge in [-0.3, -0.25) is 0 Å². The van der Waals surface area contributed by atoms with Crippen molar-refractivity contribution in [1.82, 2.24) is 5.32 Å². The normalized spacial score (nSPS) is 16.3. The van der Waals surface area contributed by atoms with Gasteiger partial charge in [0.2, 0.25) is 0 Å². The van der Waals surface area contributed by atoms with Gasteiger partial charge < -0.3 is 5.32 Å². The lowest BCUT2D eigenvalue weighted by Crippen LogP contribution is -2.29. The van der Waals surface area contributed by atoms with Gasteiger partial charge in [0.1, 0.15) is 0 Å². The third-order valence-electron chi connectivity index (χ3n) is 11.8. The Morgan fingerprint density at radius 1 is 0.810 bits per heavy atom. The second kappa shape index (κ2) is 19.3. The summed E-state index contributed by atoms with van der Waals surface area (Å²) in [6, 6.07) is 33.0. The smallest absolute Gasteiger partial charge is 0.0703 e. The van der Waals surface area contributed by atoms with Gasteiger partial charge in [0.25, 0.3) is 0 Å². The Morgan fingerprint density at radius 3 is 2.41 bits per heavy atom. The summed E-state index contributed by atoms with van der Waals surface area (Å²) in [5, 5.41) is 3.93. The van der Waals surface area contributed by atoms with E-state index >= 15 is 0 Å². The molecule has 0 aliphatic heterocycles. The van der Waals surface area contributed by atoms with E-state index in [9.17, 15) is 0 Å². The molecule has 0 bridgehead atoms. The maximum atomic E-state index is 4.68. The van der Waals surface area contributed by atoms with Crippen LogP contribution in [0.2, 0.25) is 0 Å². The van der Waals surface area contributed by atoms with Gasteiger partial charge in [0, 0.05) is 11.6 Å². The molecule has 1 nitrogen and oxygen atoms in total. The van der Waals surface area contributed by atoms with Crippen molar-refractivity contribution in [3.05, 3.63) is 239 Å². The Hall–Kier alpha value is -6.18. The molecule has 4 aromatic carbocycles. The lowest BCUT2D eigenvalue weighted by molar-refractivity contribution is 0.758. The van der Waals surface area contributed by atoms with Crippen LogP contribution in [0.1, 0.15) is 90.8 Å². The molecule has 0 spiro atoms. The molecule has 3 aliphatic rings. The Morgan fingerprint density at radius 2 is 1.60 bits per heavy atom. The molecule has 290 valence electrons. The number of benzene rings is 4. The molecular formula is C57H57N. The van der Waals surface area contributed by atoms with E-state index in [0.29, 0.717) is 5.92 Å². The lowest BCUT2D eigenvalue weighted by atomic mass is 9.86. The summed E-state index contributed by atoms with van der Waals surface area (Å²) in [5.74, 6) is 0.304. The van der Waals surface area contributed by atoms with Crippen molar-refractivity contribution in [2.45, 2.75) is 70.8 Å². The molecule has 0 saturated carbocycles. The number of allylic oxidation sites excluding steroid dienone is 13. The van der Waals surface area contributed by atoms with Crippen molar-refractivity contribution in [3.63, 3.8) is 0 Å². The first-order valence-electron chi connectivity index (χ1n) is 21.0. The largest absolute Gasteiger partial charge is 0.375 e. The van der Waals surface area contributed by atoms with E-state index in [4.69, 9.17) is 0 Å². The van der Waals surface area contributed by atoms with E-state index in [1.54, 1.807) is 0 Å². The molecule has 0 heterocycles. The summed E-state index contributed by atoms with van der Waals surface area (Å²) in [5.41, 5.74) is 19.0. The molecule has 7 rings (SSSR count). The van der Waals surface area contributed by atoms with Crippen molar-refractivity contribution >= 4 is 23.3 Å². The third-order valence-corrected chi connectivity index (χ3v) is 11.8. The van der Waals surface area contributed by atoms with Crippen LogP contribution in [-0.4, -0.2) is 6.04 Å². The predicted octanol–water partition coefficient (Wildman–Crippen LogP) is 14.9. The third kappa shape index (κ3) is 9.50. The summed E-state index contributed by atoms with van der Waals surface area (Å²) >= 11 is 0. The monoisotopic (exact) mass is 755 g/mol. The van der Waals surface area contributed by atoms with Crippen LogP contribution < -0.4 is 5.32 Å². The fourth-order valence-electron chi connectivity index (χ4n) is 8.49. The molecule has 1 heteroatoms. The first-order valence-corrected chi connectivity index (χ1v) is 21.0. The Kier molecular flexibility index (Phi) is 13.3. The van der Waals surface area contributed by atoms with Crippen molar-refractivity contribution < 1.29 is 0 Å². The van der Waals surface area contributed by atoms with E-state index in [2.05, 4.69) is 203 Å². The zero-order valence-corrected chi connectivity index (χ0v) is 34.4. The summed E-state index contributed by atoms with van der Waals surface area (Å²) in [7, 11) is 0. The zero-order valence-electron chi connectivity index (χ0n) is 34.4. The molecule has 4 aromatic rings. The van der Waals surface area contributed by atoms with Gasteiger partial charge in [-0.05, 0) is 137 Å². The lowest BCUT2D eigenvalue weighted by Gasteiger charge is -2.25. The first-order chi connectivity index (χ1) is 28.4. The van der Waals surface area contributed by atoms with Gasteiger partial charge in [-0.1, -0.05) is 183 Å². The number of hydrogen-bond donors (Lipinski definition) is 1. The Balaban J connectivity index is 1.19. The Labute approximate surface area is 348 Å². The van der Waals surface area contributed by atoms with Gasteiger partial charge in [-0.15, -0.1) is 6.58 Å². The average Bonchev–Trinajstić information content (AvgIpc) is 3.52. The van der Waals surface area contributed by atoms with Crippen LogP contribution in [0.15, 0.2) is 200 Å². The molecule has 0 aromatic heterocycles. The topological polar surface area (TPSA) is 12.0 Å². The molecule has 0 amide bonds. The number of rotatable bonds is 15. The quantitative estimate of drug-likeness (QED) is 0.119. The van der Waals surface area contributed by atoms with Crippen LogP contribution in [0.3, 0.4) is 0 Å². The van der Waals surface area contributed by atoms with Crippen LogP contribution in [0.4, 0.5) is 0 Å². The van der Waals surface area contributed by atoms with E-state index in [1.165, 1.54) is 72.4 Å². The zero-order chi connectivity index (χ0) is 40.3. The van der Waals surface area contributed by atoms with E-state index < -0.39 is 0 Å². The molecule has 0 fully saturated rings. The minimum atomic E-state index is -0.0775. The minimum absolute atomic E-state index is 0.0775. The highest BCUT2D eigenvalue weighted by Crippen LogP contribution is 2.35. The molecule has 2 atom stereocenters. The summed E-state index contributed by atoms with van der Waals surface area (Å²) in [4.78, 5) is 0. The highest BCUT2D eigenvalue weighted by Gasteiger charge is 2.19. The Bertz CT molecular complexity index is 2410. The number of hydrogen-bond acceptors (Lipinski definition) is 1. The van der Waals surface area contributed by atoms with E-state index in [0.717, 1.165) is 56.2 Å². The number of nitrogens with one attached hydrogen (secondary N) is 1. The van der Waals surface area contributed by atoms with Gasteiger partial charge in [0.15, 0.2) is 0 Å². The van der Waals surface area contributed by atoms with Crippen LogP contribution in [0.5, 0.6) is 0 Å². The highest BCUT2D eigenvalue weighted by molar-refractivity contribution is 5.81. The van der Waals surface area contributed by atoms with Gasteiger partial charge in [0.05, 0.1) is 6.04 Å². The maximum absolute atomic E-state index is 4.68. The second-order valence-corrected chi connectivity index (χ2v) is 15.6. The first kappa shape index (κ1) is 40.0. The molecular weight excluding hydrogens is 699 g/mol. The predicted molar refractivity (Wildman–Crippen MR) is 253 cm³/mol. The van der Waals surface area contributed by atoms with E-state index in [-0.39, 0.29) is 6.04 Å². The van der Waals surface area contributed by atoms with E-state index in [1.807, 2.05) is 6.08 Å². The molecule has 58 heavy (non-hydrogen) atoms. The molecule has 2 unspecified atom stereocenters. The summed E-state index contributed by atoms with van der Waals surface area (Å²) in [6.07, 6.45) is 36.2. The standard InChI is InChI=1S/C57H57N/c1-6-9-20-44(7-2)47-36-34-46(35-37-47)41(4)38-57(58-42(5)50-26-17-27-52(40-50)56-31-18-24-48-22-11-14-29-54(48)56)49-25-16-19-43(32-33-49)39-51-23-12-15-30-55(51)53-28-13-10-21-45(53)8-3/h6-13,15-16,18,21-25,27-28,30-38,40,44,57-58H,2-3,5,14,17,19-20,26,29,39H2,1,4H3/b9-6-,41-38+. The fraction of sp³-hybridized carbons (Fsp3) is 0.193. The fourth-order valence-corrected chi connectivity index (χ4v) is 8.49. The van der Waals surface area contributed by atoms with Crippen LogP contribution in [-0.2, 0) is 12.8 Å². The van der Waals surface area contributed by atoms with Crippen LogP contribution in [0.25, 0.3) is 34.4 Å². The summed E-state index contributed by atoms with van der Waals surface area (Å²) in [6.45, 7) is 17.2. The molecule has 0 saturated heterocycles. The number of fused-ring (bicyclic) bond motifs is 1. The molecule has 1 N–H and O–H groups in total. The summed E-state index contributed by atoms with van der Waals surface area (Å²) < 4.78 is 0. The minimum Gasteiger partial charge on any atom is -0.375 e. The second-order valence-electron chi connectivity index (χ2n) is 15.6. The molecule has 3 aliphatic carbocycles.